The third-order valence-electron chi connectivity index (χ3n) is 12.2. The standard InChI is InChI=1S/C55H86N10O13/c1-30(2)21-38(60-54(76)44(29-67)64-50(72)39(22-31(3)4)59-47(69)37(56)28-66)48(70)57-27-45(68)58-42(25-35-17-13-11-14-18-35)51(73)61-40(23-32(5)6)49(71)63-43(26-36-19-15-12-16-20-36)52(74)62-41(24-33(7)8)53(75)65-46(34(9)10)55(77)78/h11-20,30-34,37-44,46,66-67H,21-29,56H2,1-10H3,(H,57,70)(H,58,68)(H,59,69)(H,60,76)(H,61,73)(H,62,74)(H,63,71)(H,64,72)(H,65,75)(H,77,78)/t37-,38-,39-,40-,41-,42-,43-,44-,46-/m0/s1. The van der Waals surface area contributed by atoms with Gasteiger partial charge in [-0.25, -0.2) is 4.79 Å². The largest absolute Gasteiger partial charge is 0.480 e. The predicted octanol–water partition coefficient (Wildman–Crippen LogP) is -0.297. The third kappa shape index (κ3) is 24.6. The van der Waals surface area contributed by atoms with Crippen LogP contribution in [0.2, 0.25) is 0 Å². The van der Waals surface area contributed by atoms with Crippen LogP contribution in [0, 0.1) is 29.6 Å². The van der Waals surface area contributed by atoms with E-state index in [1.807, 2.05) is 27.7 Å². The zero-order chi connectivity index (χ0) is 58.8. The maximum absolute atomic E-state index is 14.4. The van der Waals surface area contributed by atoms with E-state index in [1.165, 1.54) is 0 Å². The number of amides is 9. The summed E-state index contributed by atoms with van der Waals surface area (Å²) in [6, 6.07) is 5.87. The molecule has 0 heterocycles. The lowest BCUT2D eigenvalue weighted by atomic mass is 9.98. The van der Waals surface area contributed by atoms with E-state index < -0.39 is 139 Å². The van der Waals surface area contributed by atoms with Crippen LogP contribution in [0.1, 0.15) is 106 Å². The fraction of sp³-hybridized carbons (Fsp3) is 0.600. The van der Waals surface area contributed by atoms with Gasteiger partial charge in [-0.15, -0.1) is 0 Å². The molecule has 0 aliphatic carbocycles. The number of aliphatic hydroxyl groups is 2. The van der Waals surface area contributed by atoms with Crippen LogP contribution in [0.4, 0.5) is 0 Å². The summed E-state index contributed by atoms with van der Waals surface area (Å²) in [5, 5.41) is 52.5. The molecule has 0 aromatic heterocycles. The Morgan fingerprint density at radius 3 is 1.09 bits per heavy atom. The van der Waals surface area contributed by atoms with Gasteiger partial charge in [0.05, 0.1) is 19.8 Å². The van der Waals surface area contributed by atoms with Gasteiger partial charge in [-0.1, -0.05) is 130 Å². The van der Waals surface area contributed by atoms with Gasteiger partial charge in [-0.05, 0) is 66.4 Å². The normalized spacial score (nSPS) is 14.8. The monoisotopic (exact) mass is 1090 g/mol. The number of carboxylic acids is 1. The SMILES string of the molecule is CC(C)C[C@H](NC(=O)[C@H](CO)NC(=O)[C@H](CC(C)C)NC(=O)[C@@H](N)CO)C(=O)NCC(=O)N[C@@H](Cc1ccccc1)C(=O)N[C@@H](CC(C)C)C(=O)N[C@@H](Cc1ccccc1)C(=O)N[C@@H](CC(C)C)C(=O)N[C@H](C(=O)O)C(C)C. The van der Waals surface area contributed by atoms with Crippen molar-refractivity contribution in [2.24, 2.45) is 35.3 Å². The highest BCUT2D eigenvalue weighted by Crippen LogP contribution is 2.14. The zero-order valence-electron chi connectivity index (χ0n) is 46.7. The molecule has 0 aliphatic heterocycles. The van der Waals surface area contributed by atoms with E-state index in [2.05, 4.69) is 47.9 Å². The summed E-state index contributed by atoms with van der Waals surface area (Å²) in [5.74, 6) is -9.47. The van der Waals surface area contributed by atoms with Gasteiger partial charge < -0.3 is 68.9 Å². The van der Waals surface area contributed by atoms with Gasteiger partial charge in [0.1, 0.15) is 54.4 Å². The number of hydrogen-bond donors (Lipinski definition) is 13. The average Bonchev–Trinajstić information content (AvgIpc) is 3.36. The van der Waals surface area contributed by atoms with E-state index in [9.17, 15) is 63.3 Å². The Labute approximate surface area is 457 Å². The van der Waals surface area contributed by atoms with Crippen LogP contribution in [0.25, 0.3) is 0 Å². The minimum Gasteiger partial charge on any atom is -0.480 e. The number of aliphatic hydroxyl groups excluding tert-OH is 2. The Kier molecular flexibility index (Phi) is 29.3. The van der Waals surface area contributed by atoms with Gasteiger partial charge in [0.15, 0.2) is 0 Å². The topological polar surface area (TPSA) is 366 Å². The molecule has 0 unspecified atom stereocenters. The Bertz CT molecular complexity index is 2280. The van der Waals surface area contributed by atoms with Gasteiger partial charge in [0, 0.05) is 12.8 Å². The Hall–Kier alpha value is -6.98. The van der Waals surface area contributed by atoms with Crippen LogP contribution in [0.15, 0.2) is 60.7 Å². The van der Waals surface area contributed by atoms with Crippen LogP contribution in [-0.2, 0) is 60.8 Å². The van der Waals surface area contributed by atoms with E-state index in [0.29, 0.717) is 11.1 Å². The summed E-state index contributed by atoms with van der Waals surface area (Å²) in [6.07, 6.45) is 0.324. The van der Waals surface area contributed by atoms with Crippen molar-refractivity contribution in [3.8, 4) is 0 Å². The Morgan fingerprint density at radius 1 is 0.410 bits per heavy atom. The number of carbonyl (C=O) groups is 10. The van der Waals surface area contributed by atoms with Crippen molar-refractivity contribution in [1.29, 1.82) is 0 Å². The quantitative estimate of drug-likeness (QED) is 0.0428. The molecular formula is C55H86N10O13. The van der Waals surface area contributed by atoms with Crippen molar-refractivity contribution in [1.82, 2.24) is 47.9 Å². The smallest absolute Gasteiger partial charge is 0.326 e. The lowest BCUT2D eigenvalue weighted by molar-refractivity contribution is -0.143. The highest BCUT2D eigenvalue weighted by Gasteiger charge is 2.35. The molecule has 9 amide bonds. The summed E-state index contributed by atoms with van der Waals surface area (Å²) >= 11 is 0. The fourth-order valence-electron chi connectivity index (χ4n) is 8.15. The first-order valence-electron chi connectivity index (χ1n) is 26.6. The summed E-state index contributed by atoms with van der Waals surface area (Å²) < 4.78 is 0. The lowest BCUT2D eigenvalue weighted by Crippen LogP contribution is -2.60. The van der Waals surface area contributed by atoms with Crippen LogP contribution in [-0.4, -0.2) is 149 Å². The maximum atomic E-state index is 14.4. The van der Waals surface area contributed by atoms with Crippen molar-refractivity contribution in [3.05, 3.63) is 71.8 Å². The highest BCUT2D eigenvalue weighted by atomic mass is 16.4. The van der Waals surface area contributed by atoms with E-state index in [4.69, 9.17) is 5.73 Å². The number of rotatable bonds is 34. The summed E-state index contributed by atoms with van der Waals surface area (Å²) in [7, 11) is 0. The second-order valence-corrected chi connectivity index (χ2v) is 21.6. The molecule has 0 radical (unpaired) electrons. The summed E-state index contributed by atoms with van der Waals surface area (Å²) in [6.45, 7) is 15.5. The van der Waals surface area contributed by atoms with Crippen molar-refractivity contribution in [3.63, 3.8) is 0 Å². The number of benzene rings is 2. The molecule has 0 bridgehead atoms. The van der Waals surface area contributed by atoms with Crippen LogP contribution in [0.3, 0.4) is 0 Å². The first kappa shape index (κ1) is 67.1. The second-order valence-electron chi connectivity index (χ2n) is 21.6. The Morgan fingerprint density at radius 2 is 0.731 bits per heavy atom. The zero-order valence-corrected chi connectivity index (χ0v) is 46.7. The molecule has 14 N–H and O–H groups in total. The molecule has 2 aromatic carbocycles. The second kappa shape index (κ2) is 34.0. The van der Waals surface area contributed by atoms with Crippen molar-refractivity contribution in [2.45, 2.75) is 162 Å². The summed E-state index contributed by atoms with van der Waals surface area (Å²) in [5.41, 5.74) is 6.90. The molecule has 0 spiro atoms. The predicted molar refractivity (Wildman–Crippen MR) is 291 cm³/mol. The molecule has 0 saturated carbocycles. The number of hydrogen-bond acceptors (Lipinski definition) is 13. The number of aliphatic carboxylic acids is 1. The molecule has 2 rings (SSSR count). The minimum absolute atomic E-state index is 0.0261. The van der Waals surface area contributed by atoms with Crippen molar-refractivity contribution in [2.75, 3.05) is 19.8 Å². The first-order valence-corrected chi connectivity index (χ1v) is 26.6. The molecule has 78 heavy (non-hydrogen) atoms. The minimum atomic E-state index is -1.57. The van der Waals surface area contributed by atoms with E-state index in [0.717, 1.165) is 0 Å². The molecule has 0 aliphatic rings. The fourth-order valence-corrected chi connectivity index (χ4v) is 8.15. The lowest BCUT2D eigenvalue weighted by Gasteiger charge is -2.28. The number of nitrogens with two attached hydrogens (primary N) is 1. The van der Waals surface area contributed by atoms with E-state index in [-0.39, 0.29) is 62.2 Å². The van der Waals surface area contributed by atoms with Gasteiger partial charge in [-0.3, -0.25) is 43.2 Å². The van der Waals surface area contributed by atoms with Gasteiger partial charge in [0.2, 0.25) is 53.2 Å². The third-order valence-corrected chi connectivity index (χ3v) is 12.2. The van der Waals surface area contributed by atoms with Crippen molar-refractivity contribution >= 4 is 59.1 Å². The van der Waals surface area contributed by atoms with Gasteiger partial charge in [0.25, 0.3) is 0 Å². The molecule has 23 heteroatoms. The maximum Gasteiger partial charge on any atom is 0.326 e. The molecule has 9 atom stereocenters. The van der Waals surface area contributed by atoms with Crippen molar-refractivity contribution < 1.29 is 63.3 Å². The molecule has 2 aromatic rings. The molecule has 0 fully saturated rings. The number of carbonyl (C=O) groups excluding carboxylic acids is 9. The van der Waals surface area contributed by atoms with Crippen LogP contribution in [0.5, 0.6) is 0 Å². The summed E-state index contributed by atoms with van der Waals surface area (Å²) in [4.78, 5) is 135. The number of carboxylic acid groups (broad SMARTS) is 1. The average molecular weight is 1100 g/mol. The number of nitrogens with one attached hydrogen (secondary N) is 9. The van der Waals surface area contributed by atoms with Gasteiger partial charge in [-0.2, -0.15) is 0 Å². The Balaban J connectivity index is 2.37. The van der Waals surface area contributed by atoms with Crippen LogP contribution >= 0.6 is 0 Å². The highest BCUT2D eigenvalue weighted by molar-refractivity contribution is 5.98. The van der Waals surface area contributed by atoms with Gasteiger partial charge >= 0.3 is 5.97 Å². The molecule has 23 nitrogen and oxygen atoms in total. The van der Waals surface area contributed by atoms with E-state index in [1.54, 1.807) is 102 Å². The van der Waals surface area contributed by atoms with Crippen LogP contribution < -0.4 is 53.6 Å². The first-order chi connectivity index (χ1) is 36.6. The van der Waals surface area contributed by atoms with E-state index >= 15 is 0 Å². The molecule has 434 valence electrons. The molecule has 0 saturated heterocycles. The molecular weight excluding hydrogens is 1010 g/mol.